The van der Waals surface area contributed by atoms with Gasteiger partial charge in [-0.2, -0.15) is 0 Å². The predicted molar refractivity (Wildman–Crippen MR) is 282 cm³/mol. The van der Waals surface area contributed by atoms with E-state index in [4.69, 9.17) is 18.8 Å². The molecule has 0 bridgehead atoms. The molecular weight excluding hydrogens is 855 g/mol. The Morgan fingerprint density at radius 3 is 2.06 bits per heavy atom. The van der Waals surface area contributed by atoms with Gasteiger partial charge in [0.25, 0.3) is 0 Å². The lowest BCUT2D eigenvalue weighted by atomic mass is 9.82. The number of thiophene rings is 1. The van der Waals surface area contributed by atoms with E-state index >= 15 is 0 Å². The molecule has 8 heteroatoms. The molecule has 330 valence electrons. The fraction of sp³-hybridized carbons (Fsp3) is 0.150. The van der Waals surface area contributed by atoms with Crippen molar-refractivity contribution in [2.24, 2.45) is 0 Å². The predicted octanol–water partition coefficient (Wildman–Crippen LogP) is 17.5. The van der Waals surface area contributed by atoms with Gasteiger partial charge < -0.3 is 13.7 Å². The van der Waals surface area contributed by atoms with E-state index in [-0.39, 0.29) is 5.41 Å². The third kappa shape index (κ3) is 5.99. The summed E-state index contributed by atoms with van der Waals surface area (Å²) in [5.41, 5.74) is 15.0. The molecule has 0 radical (unpaired) electrons. The van der Waals surface area contributed by atoms with Gasteiger partial charge in [0.15, 0.2) is 11.2 Å². The molecule has 1 aliphatic rings. The van der Waals surface area contributed by atoms with Crippen LogP contribution in [0.3, 0.4) is 0 Å². The molecule has 0 fully saturated rings. The van der Waals surface area contributed by atoms with Gasteiger partial charge in [-0.1, -0.05) is 120 Å². The van der Waals surface area contributed by atoms with E-state index in [1.807, 2.05) is 35.9 Å². The second-order valence-corrected chi connectivity index (χ2v) is 20.3. The van der Waals surface area contributed by atoms with Crippen LogP contribution < -0.4 is 9.80 Å². The first-order valence-corrected chi connectivity index (χ1v) is 24.3. The van der Waals surface area contributed by atoms with Gasteiger partial charge in [0, 0.05) is 76.5 Å². The quantitative estimate of drug-likeness (QED) is 0.150. The molecule has 13 rings (SSSR count). The van der Waals surface area contributed by atoms with Crippen molar-refractivity contribution < 1.29 is 8.83 Å². The number of nitrogens with zero attached hydrogens (tertiary/aromatic N) is 5. The summed E-state index contributed by atoms with van der Waals surface area (Å²) in [7, 11) is 0. The average molecular weight is 902 g/mol. The maximum Gasteiger partial charge on any atom is 0.227 e. The van der Waals surface area contributed by atoms with E-state index in [1.165, 1.54) is 48.0 Å². The first kappa shape index (κ1) is 40.5. The van der Waals surface area contributed by atoms with Crippen molar-refractivity contribution in [3.05, 3.63) is 187 Å². The molecule has 0 unspecified atom stereocenters. The molecule has 0 saturated carbocycles. The number of rotatable bonds is 8. The Kier molecular flexibility index (Phi) is 8.99. The molecule has 0 spiro atoms. The third-order valence-electron chi connectivity index (χ3n) is 14.1. The van der Waals surface area contributed by atoms with Crippen LogP contribution >= 0.6 is 11.3 Å². The van der Waals surface area contributed by atoms with E-state index in [0.717, 1.165) is 78.2 Å². The van der Waals surface area contributed by atoms with Crippen LogP contribution in [0.5, 0.6) is 0 Å². The number of anilines is 6. The first-order chi connectivity index (χ1) is 33.1. The van der Waals surface area contributed by atoms with Gasteiger partial charge in [-0.3, -0.25) is 9.88 Å². The summed E-state index contributed by atoms with van der Waals surface area (Å²) in [6.45, 7) is 13.6. The molecule has 68 heavy (non-hydrogen) atoms. The van der Waals surface area contributed by atoms with Gasteiger partial charge in [-0.25, -0.2) is 9.97 Å². The molecule has 0 N–H and O–H groups in total. The molecule has 6 aromatic heterocycles. The average Bonchev–Trinajstić information content (AvgIpc) is 4.10. The molecule has 0 atom stereocenters. The van der Waals surface area contributed by atoms with E-state index in [1.54, 1.807) is 6.20 Å². The minimum Gasteiger partial charge on any atom is -0.454 e. The van der Waals surface area contributed by atoms with E-state index in [0.29, 0.717) is 17.5 Å². The second-order valence-electron chi connectivity index (χ2n) is 19.2. The highest BCUT2D eigenvalue weighted by molar-refractivity contribution is 7.26. The van der Waals surface area contributed by atoms with Crippen LogP contribution in [0.2, 0.25) is 0 Å². The number of para-hydroxylation sites is 3. The molecule has 6 heterocycles. The maximum absolute atomic E-state index is 6.83. The number of furan rings is 2. The SMILES string of the molecule is CC(C)c1ccc(N(c2cc3c(sc4cc(N(c5ccc(C(C)C)nc5)c5cccc6c5oc5ncccc56)ccc43)c3c2-c2ccccc2C3(C)C)c2cccc3c2oc2ccccc23)nc1. The van der Waals surface area contributed by atoms with Crippen LogP contribution in [0, 0.1) is 0 Å². The number of hydrogen-bond acceptors (Lipinski definition) is 8. The monoisotopic (exact) mass is 901 g/mol. The van der Waals surface area contributed by atoms with Crippen LogP contribution in [0.4, 0.5) is 34.3 Å². The van der Waals surface area contributed by atoms with Crippen molar-refractivity contribution >= 4 is 110 Å². The van der Waals surface area contributed by atoms with Gasteiger partial charge >= 0.3 is 0 Å². The number of benzene rings is 6. The Bertz CT molecular complexity index is 3970. The minimum atomic E-state index is -0.309. The highest BCUT2D eigenvalue weighted by Crippen LogP contribution is 2.59. The normalized spacial score (nSPS) is 13.2. The summed E-state index contributed by atoms with van der Waals surface area (Å²) in [6.07, 6.45) is 5.80. The molecule has 1 aliphatic carbocycles. The van der Waals surface area contributed by atoms with Gasteiger partial charge in [-0.15, -0.1) is 11.3 Å². The van der Waals surface area contributed by atoms with Crippen molar-refractivity contribution in [1.29, 1.82) is 0 Å². The summed E-state index contributed by atoms with van der Waals surface area (Å²) in [5, 5.41) is 6.56. The summed E-state index contributed by atoms with van der Waals surface area (Å²) in [5.74, 6) is 1.47. The Hall–Kier alpha value is -7.81. The van der Waals surface area contributed by atoms with E-state index in [9.17, 15) is 0 Å². The molecule has 6 aromatic carbocycles. The summed E-state index contributed by atoms with van der Waals surface area (Å²) >= 11 is 1.87. The lowest BCUT2D eigenvalue weighted by Crippen LogP contribution is -2.17. The van der Waals surface area contributed by atoms with Crippen LogP contribution in [0.1, 0.15) is 75.8 Å². The third-order valence-corrected chi connectivity index (χ3v) is 15.3. The molecule has 0 aliphatic heterocycles. The summed E-state index contributed by atoms with van der Waals surface area (Å²) in [6, 6.07) is 52.2. The smallest absolute Gasteiger partial charge is 0.227 e. The minimum absolute atomic E-state index is 0.303. The molecule has 12 aromatic rings. The molecule has 7 nitrogen and oxygen atoms in total. The highest BCUT2D eigenvalue weighted by atomic mass is 32.1. The first-order valence-electron chi connectivity index (χ1n) is 23.5. The zero-order chi connectivity index (χ0) is 46.0. The van der Waals surface area contributed by atoms with Crippen LogP contribution in [0.15, 0.2) is 173 Å². The van der Waals surface area contributed by atoms with Crippen LogP contribution in [-0.4, -0.2) is 15.0 Å². The Morgan fingerprint density at radius 2 is 1.28 bits per heavy atom. The fourth-order valence-electron chi connectivity index (χ4n) is 10.7. The van der Waals surface area contributed by atoms with Crippen LogP contribution in [-0.2, 0) is 5.41 Å². The van der Waals surface area contributed by atoms with Gasteiger partial charge in [0.05, 0.1) is 28.9 Å². The number of fused-ring (bicyclic) bond motifs is 13. The van der Waals surface area contributed by atoms with Crippen molar-refractivity contribution in [3.63, 3.8) is 0 Å². The molecular formula is C60H47N5O2S. The van der Waals surface area contributed by atoms with Crippen molar-refractivity contribution in [1.82, 2.24) is 15.0 Å². The zero-order valence-electron chi connectivity index (χ0n) is 38.7. The standard InChI is InChI=1S/C60H47N5O2S/c1-34(2)36-23-28-53(63-32-36)65(49-21-11-16-41-39-14-8-10-22-51(39)66-56(41)49)50-31-45-40-26-24-37(30-52(40)68-58(45)55-54(50)44-15-7-9-19-46(44)60(55,5)6)64(38-25-27-47(35(3)4)62-33-38)48-20-12-17-42-43-18-13-29-61-59(43)67-57(42)48/h7-35H,1-6H3. The maximum atomic E-state index is 6.83. The fourth-order valence-corrected chi connectivity index (χ4v) is 12.1. The summed E-state index contributed by atoms with van der Waals surface area (Å²) in [4.78, 5) is 19.5. The molecule has 0 amide bonds. The number of pyridine rings is 3. The number of aromatic nitrogens is 3. The lowest BCUT2D eigenvalue weighted by molar-refractivity contribution is 0.654. The van der Waals surface area contributed by atoms with Gasteiger partial charge in [0.1, 0.15) is 11.4 Å². The highest BCUT2D eigenvalue weighted by Gasteiger charge is 2.41. The van der Waals surface area contributed by atoms with E-state index in [2.05, 4.69) is 190 Å². The van der Waals surface area contributed by atoms with Crippen molar-refractivity contribution in [2.45, 2.75) is 58.8 Å². The summed E-state index contributed by atoms with van der Waals surface area (Å²) < 4.78 is 15.9. The van der Waals surface area contributed by atoms with E-state index < -0.39 is 0 Å². The molecule has 0 saturated heterocycles. The zero-order valence-corrected chi connectivity index (χ0v) is 39.5. The Balaban J connectivity index is 1.08. The largest absolute Gasteiger partial charge is 0.454 e. The van der Waals surface area contributed by atoms with Gasteiger partial charge in [-0.05, 0) is 101 Å². The number of hydrogen-bond donors (Lipinski definition) is 0. The lowest BCUT2D eigenvalue weighted by Gasteiger charge is -2.29. The Labute approximate surface area is 397 Å². The van der Waals surface area contributed by atoms with Gasteiger partial charge in [0.2, 0.25) is 5.71 Å². The van der Waals surface area contributed by atoms with Crippen molar-refractivity contribution in [2.75, 3.05) is 9.80 Å². The topological polar surface area (TPSA) is 71.4 Å². The van der Waals surface area contributed by atoms with Crippen molar-refractivity contribution in [3.8, 4) is 11.1 Å². The second kappa shape index (κ2) is 15.1. The Morgan fingerprint density at radius 1 is 0.544 bits per heavy atom. The van der Waals surface area contributed by atoms with Crippen LogP contribution in [0.25, 0.3) is 75.3 Å².